The van der Waals surface area contributed by atoms with Crippen molar-refractivity contribution in [3.05, 3.63) is 35.9 Å². The van der Waals surface area contributed by atoms with Crippen molar-refractivity contribution >= 4 is 0 Å². The fraction of sp³-hybridized carbons (Fsp3) is 0.600. The Balaban J connectivity index is 1.88. The van der Waals surface area contributed by atoms with Gasteiger partial charge in [0, 0.05) is 0 Å². The molecule has 2 bridgehead atoms. The van der Waals surface area contributed by atoms with Crippen molar-refractivity contribution in [2.75, 3.05) is 0 Å². The second kappa shape index (κ2) is 2.87. The maximum Gasteiger partial charge on any atom is -0.00360 e. The highest BCUT2D eigenvalue weighted by atomic mass is 14.7. The summed E-state index contributed by atoms with van der Waals surface area (Å²) in [5.41, 5.74) is 2.88. The molecule has 0 radical (unpaired) electrons. The normalized spacial score (nSPS) is 38.1. The molecule has 4 rings (SSSR count). The largest absolute Gasteiger partial charge is 0.0622 e. The molecule has 3 aliphatic rings. The molecule has 1 aromatic carbocycles. The Labute approximate surface area is 92.7 Å². The Morgan fingerprint density at radius 2 is 1.67 bits per heavy atom. The van der Waals surface area contributed by atoms with Crippen molar-refractivity contribution in [3.63, 3.8) is 0 Å². The molecule has 0 atom stereocenters. The topological polar surface area (TPSA) is 0 Å². The van der Waals surface area contributed by atoms with Crippen LogP contribution >= 0.6 is 0 Å². The summed E-state index contributed by atoms with van der Waals surface area (Å²) in [5, 5.41) is 0. The molecule has 0 spiro atoms. The lowest BCUT2D eigenvalue weighted by Crippen LogP contribution is -2.43. The molecule has 80 valence electrons. The first kappa shape index (κ1) is 9.45. The molecule has 0 aliphatic heterocycles. The average Bonchev–Trinajstić information content (AvgIpc) is 2.74. The van der Waals surface area contributed by atoms with E-state index in [9.17, 15) is 0 Å². The second-order valence-electron chi connectivity index (χ2n) is 6.02. The van der Waals surface area contributed by atoms with Crippen LogP contribution < -0.4 is 0 Å². The Kier molecular flexibility index (Phi) is 1.81. The van der Waals surface area contributed by atoms with E-state index in [0.29, 0.717) is 10.8 Å². The third kappa shape index (κ3) is 1.14. The maximum absolute atomic E-state index is 2.40. The van der Waals surface area contributed by atoms with Gasteiger partial charge in [0.05, 0.1) is 0 Å². The molecule has 0 heterocycles. The third-order valence-electron chi connectivity index (χ3n) is 5.09. The molecule has 0 saturated heterocycles. The minimum atomic E-state index is 0.575. The van der Waals surface area contributed by atoms with Crippen molar-refractivity contribution in [2.24, 2.45) is 11.3 Å². The maximum atomic E-state index is 2.40. The number of hydrogen-bond donors (Lipinski definition) is 0. The standard InChI is InChI=1S/C15H20/c1-12(2)14-8-9-15(10-14,11-14)13-6-4-3-5-7-13/h3-7,12H,8-11H2,1-2H3. The van der Waals surface area contributed by atoms with Crippen molar-refractivity contribution in [3.8, 4) is 0 Å². The van der Waals surface area contributed by atoms with Crippen LogP contribution in [0.2, 0.25) is 0 Å². The zero-order chi connectivity index (χ0) is 10.5. The summed E-state index contributed by atoms with van der Waals surface area (Å²) in [6, 6.07) is 11.2. The molecule has 0 unspecified atom stereocenters. The van der Waals surface area contributed by atoms with Gasteiger partial charge in [-0.3, -0.25) is 0 Å². The molecule has 3 fully saturated rings. The number of hydrogen-bond acceptors (Lipinski definition) is 0. The van der Waals surface area contributed by atoms with Gasteiger partial charge in [-0.05, 0) is 48.0 Å². The van der Waals surface area contributed by atoms with Crippen LogP contribution in [-0.4, -0.2) is 0 Å². The third-order valence-corrected chi connectivity index (χ3v) is 5.09. The summed E-state index contributed by atoms with van der Waals surface area (Å²) in [7, 11) is 0. The molecule has 0 heteroatoms. The van der Waals surface area contributed by atoms with Gasteiger partial charge in [0.15, 0.2) is 0 Å². The van der Waals surface area contributed by atoms with Crippen molar-refractivity contribution < 1.29 is 0 Å². The van der Waals surface area contributed by atoms with Gasteiger partial charge in [0.2, 0.25) is 0 Å². The summed E-state index contributed by atoms with van der Waals surface area (Å²) < 4.78 is 0. The van der Waals surface area contributed by atoms with E-state index in [-0.39, 0.29) is 0 Å². The zero-order valence-electron chi connectivity index (χ0n) is 9.79. The van der Waals surface area contributed by atoms with Gasteiger partial charge in [-0.1, -0.05) is 44.2 Å². The first-order valence-corrected chi connectivity index (χ1v) is 6.23. The quantitative estimate of drug-likeness (QED) is 0.672. The van der Waals surface area contributed by atoms with Gasteiger partial charge >= 0.3 is 0 Å². The summed E-state index contributed by atoms with van der Waals surface area (Å²) in [6.45, 7) is 4.81. The number of fused-ring (bicyclic) bond motifs is 1. The highest BCUT2D eigenvalue weighted by Crippen LogP contribution is 2.70. The van der Waals surface area contributed by atoms with E-state index < -0.39 is 0 Å². The van der Waals surface area contributed by atoms with Crippen LogP contribution in [0.1, 0.15) is 45.1 Å². The minimum absolute atomic E-state index is 0.575. The summed E-state index contributed by atoms with van der Waals surface area (Å²) >= 11 is 0. The van der Waals surface area contributed by atoms with E-state index in [1.54, 1.807) is 5.56 Å². The summed E-state index contributed by atoms with van der Waals surface area (Å²) in [5.74, 6) is 0.872. The van der Waals surface area contributed by atoms with Gasteiger partial charge in [-0.15, -0.1) is 0 Å². The van der Waals surface area contributed by atoms with E-state index in [1.807, 2.05) is 0 Å². The molecule has 0 amide bonds. The van der Waals surface area contributed by atoms with Gasteiger partial charge in [0.1, 0.15) is 0 Å². The van der Waals surface area contributed by atoms with Crippen LogP contribution in [0.25, 0.3) is 0 Å². The highest BCUT2D eigenvalue weighted by Gasteiger charge is 2.61. The van der Waals surface area contributed by atoms with Crippen LogP contribution in [0.4, 0.5) is 0 Å². The van der Waals surface area contributed by atoms with Crippen LogP contribution in [0.15, 0.2) is 30.3 Å². The van der Waals surface area contributed by atoms with E-state index in [2.05, 4.69) is 44.2 Å². The molecule has 1 aromatic rings. The molecule has 3 aliphatic carbocycles. The predicted octanol–water partition coefficient (Wildman–Crippen LogP) is 4.15. The molecule has 0 nitrogen and oxygen atoms in total. The second-order valence-corrected chi connectivity index (χ2v) is 6.02. The first-order chi connectivity index (χ1) is 7.17. The molecule has 3 saturated carbocycles. The fourth-order valence-electron chi connectivity index (χ4n) is 3.97. The molecular weight excluding hydrogens is 180 g/mol. The number of rotatable bonds is 2. The molecule has 0 aromatic heterocycles. The highest BCUT2D eigenvalue weighted by molar-refractivity contribution is 5.34. The van der Waals surface area contributed by atoms with Crippen LogP contribution in [-0.2, 0) is 5.41 Å². The smallest absolute Gasteiger partial charge is 0.00360 e. The minimum Gasteiger partial charge on any atom is -0.0622 e. The lowest BCUT2D eigenvalue weighted by atomic mass is 9.54. The first-order valence-electron chi connectivity index (χ1n) is 6.23. The van der Waals surface area contributed by atoms with Crippen LogP contribution in [0.5, 0.6) is 0 Å². The molecule has 15 heavy (non-hydrogen) atoms. The van der Waals surface area contributed by atoms with E-state index in [0.717, 1.165) is 5.92 Å². The molecular formula is C15H20. The average molecular weight is 200 g/mol. The van der Waals surface area contributed by atoms with Gasteiger partial charge in [0.25, 0.3) is 0 Å². The summed E-state index contributed by atoms with van der Waals surface area (Å²) in [6.07, 6.45) is 5.78. The Bertz CT molecular complexity index is 355. The summed E-state index contributed by atoms with van der Waals surface area (Å²) in [4.78, 5) is 0. The lowest BCUT2D eigenvalue weighted by molar-refractivity contribution is 0.0562. The molecule has 0 N–H and O–H groups in total. The van der Waals surface area contributed by atoms with Crippen molar-refractivity contribution in [2.45, 2.75) is 44.9 Å². The van der Waals surface area contributed by atoms with E-state index in [1.165, 1.54) is 25.7 Å². The van der Waals surface area contributed by atoms with Gasteiger partial charge < -0.3 is 0 Å². The lowest BCUT2D eigenvalue weighted by Gasteiger charge is -2.50. The monoisotopic (exact) mass is 200 g/mol. The number of benzene rings is 1. The predicted molar refractivity (Wildman–Crippen MR) is 63.9 cm³/mol. The zero-order valence-corrected chi connectivity index (χ0v) is 9.79. The van der Waals surface area contributed by atoms with Crippen molar-refractivity contribution in [1.82, 2.24) is 0 Å². The Morgan fingerprint density at radius 1 is 1.00 bits per heavy atom. The van der Waals surface area contributed by atoms with Gasteiger partial charge in [-0.25, -0.2) is 0 Å². The Hall–Kier alpha value is -0.780. The van der Waals surface area contributed by atoms with Crippen LogP contribution in [0, 0.1) is 11.3 Å². The Morgan fingerprint density at radius 3 is 2.20 bits per heavy atom. The van der Waals surface area contributed by atoms with E-state index in [4.69, 9.17) is 0 Å². The van der Waals surface area contributed by atoms with E-state index >= 15 is 0 Å². The van der Waals surface area contributed by atoms with Crippen molar-refractivity contribution in [1.29, 1.82) is 0 Å². The fourth-order valence-corrected chi connectivity index (χ4v) is 3.97. The van der Waals surface area contributed by atoms with Crippen LogP contribution in [0.3, 0.4) is 0 Å². The SMILES string of the molecule is CC(C)C12CCC(c3ccccc3)(C1)C2. The van der Waals surface area contributed by atoms with Gasteiger partial charge in [-0.2, -0.15) is 0 Å².